The third-order valence-electron chi connectivity index (χ3n) is 2.89. The van der Waals surface area contributed by atoms with Gasteiger partial charge in [-0.15, -0.1) is 0 Å². The van der Waals surface area contributed by atoms with E-state index in [1.807, 2.05) is 6.92 Å². The molecule has 0 saturated heterocycles. The van der Waals surface area contributed by atoms with Crippen LogP contribution in [0, 0.1) is 0 Å². The molecule has 1 unspecified atom stereocenters. The van der Waals surface area contributed by atoms with E-state index in [0.717, 1.165) is 18.9 Å². The zero-order chi connectivity index (χ0) is 14.5. The predicted molar refractivity (Wildman–Crippen MR) is 68.6 cm³/mol. The Labute approximate surface area is 110 Å². The number of rotatable bonds is 6. The van der Waals surface area contributed by atoms with E-state index in [2.05, 4.69) is 5.32 Å². The Balaban J connectivity index is 2.93. The Bertz CT molecular complexity index is 407. The number of aliphatic hydroxyl groups is 1. The van der Waals surface area contributed by atoms with Gasteiger partial charge >= 0.3 is 6.18 Å². The summed E-state index contributed by atoms with van der Waals surface area (Å²) in [6.45, 7) is 2.40. The summed E-state index contributed by atoms with van der Waals surface area (Å²) >= 11 is 0. The molecule has 1 atom stereocenters. The van der Waals surface area contributed by atoms with Crippen LogP contribution < -0.4 is 11.1 Å². The van der Waals surface area contributed by atoms with Crippen molar-refractivity contribution in [1.29, 1.82) is 0 Å². The number of aliphatic hydroxyl groups excluding tert-OH is 1. The zero-order valence-electron chi connectivity index (χ0n) is 10.8. The van der Waals surface area contributed by atoms with Crippen molar-refractivity contribution < 1.29 is 18.3 Å². The topological polar surface area (TPSA) is 58.3 Å². The minimum atomic E-state index is -4.48. The van der Waals surface area contributed by atoms with E-state index in [1.165, 1.54) is 12.1 Å². The normalized spacial score (nSPS) is 13.5. The lowest BCUT2D eigenvalue weighted by atomic mass is 10.0. The second-order valence-electron chi connectivity index (χ2n) is 4.39. The quantitative estimate of drug-likeness (QED) is 0.553. The highest BCUT2D eigenvalue weighted by molar-refractivity contribution is 5.50. The standard InChI is InChI=1S/C13H19F3N2O/c1-2-3-6-18-12(8-19)9-4-5-11(17)10(7-9)13(14,15)16/h4-5,7,12,18-19H,2-3,6,8,17H2,1H3. The smallest absolute Gasteiger partial charge is 0.398 e. The van der Waals surface area contributed by atoms with Gasteiger partial charge in [0.25, 0.3) is 0 Å². The highest BCUT2D eigenvalue weighted by Gasteiger charge is 2.33. The summed E-state index contributed by atoms with van der Waals surface area (Å²) in [4.78, 5) is 0. The molecule has 1 aromatic carbocycles. The molecule has 1 rings (SSSR count). The molecular formula is C13H19F3N2O. The van der Waals surface area contributed by atoms with E-state index in [1.54, 1.807) is 0 Å². The van der Waals surface area contributed by atoms with Crippen molar-refractivity contribution in [3.63, 3.8) is 0 Å². The van der Waals surface area contributed by atoms with Gasteiger partial charge in [-0.05, 0) is 30.7 Å². The molecule has 0 amide bonds. The van der Waals surface area contributed by atoms with Gasteiger partial charge in [0.15, 0.2) is 0 Å². The van der Waals surface area contributed by atoms with Crippen molar-refractivity contribution in [2.24, 2.45) is 0 Å². The minimum absolute atomic E-state index is 0.259. The molecule has 0 bridgehead atoms. The van der Waals surface area contributed by atoms with Gasteiger partial charge in [-0.3, -0.25) is 0 Å². The van der Waals surface area contributed by atoms with E-state index < -0.39 is 17.8 Å². The van der Waals surface area contributed by atoms with E-state index in [0.29, 0.717) is 12.1 Å². The Morgan fingerprint density at radius 2 is 2.05 bits per heavy atom. The van der Waals surface area contributed by atoms with Gasteiger partial charge in [-0.2, -0.15) is 13.2 Å². The Morgan fingerprint density at radius 3 is 2.58 bits per heavy atom. The highest BCUT2D eigenvalue weighted by Crippen LogP contribution is 2.35. The Kier molecular flexibility index (Phi) is 5.62. The van der Waals surface area contributed by atoms with Gasteiger partial charge in [0, 0.05) is 5.69 Å². The number of nitrogens with one attached hydrogen (secondary N) is 1. The van der Waals surface area contributed by atoms with Crippen LogP contribution in [0.5, 0.6) is 0 Å². The number of unbranched alkanes of at least 4 members (excludes halogenated alkanes) is 1. The van der Waals surface area contributed by atoms with E-state index in [-0.39, 0.29) is 12.3 Å². The maximum Gasteiger partial charge on any atom is 0.418 e. The molecular weight excluding hydrogens is 257 g/mol. The lowest BCUT2D eigenvalue weighted by Gasteiger charge is -2.19. The lowest BCUT2D eigenvalue weighted by molar-refractivity contribution is -0.137. The van der Waals surface area contributed by atoms with Crippen LogP contribution in [0.1, 0.15) is 36.9 Å². The number of hydrogen-bond acceptors (Lipinski definition) is 3. The first-order valence-corrected chi connectivity index (χ1v) is 6.21. The fourth-order valence-corrected chi connectivity index (χ4v) is 1.78. The van der Waals surface area contributed by atoms with Crippen molar-refractivity contribution in [1.82, 2.24) is 5.32 Å². The van der Waals surface area contributed by atoms with Crippen LogP contribution in [0.3, 0.4) is 0 Å². The van der Waals surface area contributed by atoms with Gasteiger partial charge in [-0.25, -0.2) is 0 Å². The lowest BCUT2D eigenvalue weighted by Crippen LogP contribution is -2.26. The van der Waals surface area contributed by atoms with Crippen LogP contribution in [-0.2, 0) is 6.18 Å². The fraction of sp³-hybridized carbons (Fsp3) is 0.538. The second kappa shape index (κ2) is 6.77. The monoisotopic (exact) mass is 276 g/mol. The van der Waals surface area contributed by atoms with Gasteiger partial charge < -0.3 is 16.2 Å². The largest absolute Gasteiger partial charge is 0.418 e. The highest BCUT2D eigenvalue weighted by atomic mass is 19.4. The molecule has 6 heteroatoms. The molecule has 4 N–H and O–H groups in total. The molecule has 0 spiro atoms. The van der Waals surface area contributed by atoms with Crippen LogP contribution in [0.2, 0.25) is 0 Å². The fourth-order valence-electron chi connectivity index (χ4n) is 1.78. The predicted octanol–water partition coefficient (Wildman–Crippen LogP) is 2.71. The van der Waals surface area contributed by atoms with Crippen LogP contribution in [-0.4, -0.2) is 18.3 Å². The number of halogens is 3. The third kappa shape index (κ3) is 4.40. The first-order valence-electron chi connectivity index (χ1n) is 6.21. The molecule has 0 radical (unpaired) electrons. The number of nitrogens with two attached hydrogens (primary N) is 1. The zero-order valence-corrected chi connectivity index (χ0v) is 10.8. The van der Waals surface area contributed by atoms with Crippen LogP contribution in [0.25, 0.3) is 0 Å². The third-order valence-corrected chi connectivity index (χ3v) is 2.89. The number of alkyl halides is 3. The number of nitrogen functional groups attached to an aromatic ring is 1. The first-order chi connectivity index (χ1) is 8.90. The summed E-state index contributed by atoms with van der Waals surface area (Å²) in [5.74, 6) is 0. The molecule has 0 fully saturated rings. The van der Waals surface area contributed by atoms with Crippen molar-refractivity contribution in [3.05, 3.63) is 29.3 Å². The van der Waals surface area contributed by atoms with Crippen molar-refractivity contribution in [2.75, 3.05) is 18.9 Å². The Morgan fingerprint density at radius 1 is 1.37 bits per heavy atom. The van der Waals surface area contributed by atoms with Gasteiger partial charge in [0.1, 0.15) is 0 Å². The summed E-state index contributed by atoms with van der Waals surface area (Å²) in [5, 5.41) is 12.3. The van der Waals surface area contributed by atoms with Gasteiger partial charge in [0.2, 0.25) is 0 Å². The maximum atomic E-state index is 12.7. The number of hydrogen-bond donors (Lipinski definition) is 3. The molecule has 3 nitrogen and oxygen atoms in total. The van der Waals surface area contributed by atoms with Gasteiger partial charge in [0.05, 0.1) is 18.2 Å². The molecule has 0 aliphatic rings. The summed E-state index contributed by atoms with van der Waals surface area (Å²) in [6, 6.07) is 3.22. The van der Waals surface area contributed by atoms with Crippen LogP contribution in [0.15, 0.2) is 18.2 Å². The average molecular weight is 276 g/mol. The maximum absolute atomic E-state index is 12.7. The van der Waals surface area contributed by atoms with Crippen LogP contribution in [0.4, 0.5) is 18.9 Å². The SMILES string of the molecule is CCCCNC(CO)c1ccc(N)c(C(F)(F)F)c1. The van der Waals surface area contributed by atoms with Gasteiger partial charge in [-0.1, -0.05) is 19.4 Å². The summed E-state index contributed by atoms with van der Waals surface area (Å²) in [7, 11) is 0. The number of benzene rings is 1. The molecule has 0 heterocycles. The Hall–Kier alpha value is -1.27. The van der Waals surface area contributed by atoms with E-state index in [9.17, 15) is 18.3 Å². The van der Waals surface area contributed by atoms with Crippen molar-refractivity contribution in [3.8, 4) is 0 Å². The van der Waals surface area contributed by atoms with E-state index in [4.69, 9.17) is 5.73 Å². The van der Waals surface area contributed by atoms with E-state index >= 15 is 0 Å². The summed E-state index contributed by atoms with van der Waals surface area (Å²) < 4.78 is 38.2. The molecule has 0 aliphatic carbocycles. The average Bonchev–Trinajstić information content (AvgIpc) is 2.34. The molecule has 0 saturated carbocycles. The van der Waals surface area contributed by atoms with Crippen molar-refractivity contribution in [2.45, 2.75) is 32.0 Å². The van der Waals surface area contributed by atoms with Crippen LogP contribution >= 0.6 is 0 Å². The number of anilines is 1. The molecule has 0 aliphatic heterocycles. The molecule has 0 aromatic heterocycles. The molecule has 108 valence electrons. The first kappa shape index (κ1) is 15.8. The summed E-state index contributed by atoms with van der Waals surface area (Å²) in [5.41, 5.74) is 4.56. The summed E-state index contributed by atoms with van der Waals surface area (Å²) in [6.07, 6.45) is -2.61. The second-order valence-corrected chi connectivity index (χ2v) is 4.39. The van der Waals surface area contributed by atoms with Crippen molar-refractivity contribution >= 4 is 5.69 Å². The molecule has 19 heavy (non-hydrogen) atoms. The minimum Gasteiger partial charge on any atom is -0.398 e. The molecule has 1 aromatic rings.